The molecule has 0 amide bonds. The van der Waals surface area contributed by atoms with Gasteiger partial charge in [-0.05, 0) is 42.2 Å². The molecule has 0 saturated heterocycles. The number of rotatable bonds is 5. The number of anilines is 1. The van der Waals surface area contributed by atoms with Gasteiger partial charge in [0.2, 0.25) is 0 Å². The Labute approximate surface area is 136 Å². The van der Waals surface area contributed by atoms with Crippen LogP contribution < -0.4 is 15.8 Å². The lowest BCUT2D eigenvalue weighted by molar-refractivity contribution is 0.347. The Morgan fingerprint density at radius 3 is 2.83 bits per heavy atom. The molecule has 1 heterocycles. The molecule has 120 valence electrons. The zero-order valence-corrected chi connectivity index (χ0v) is 13.0. The molecule has 0 aliphatic carbocycles. The molecule has 3 N–H and O–H groups in total. The summed E-state index contributed by atoms with van der Waals surface area (Å²) in [5.41, 5.74) is 9.55. The topological polar surface area (TPSA) is 47.3 Å². The smallest absolute Gasteiger partial charge is 0.120 e. The number of hydrogen-bond acceptors (Lipinski definition) is 3. The number of halogens is 1. The zero-order chi connectivity index (χ0) is 16.1. The number of fused-ring (bicyclic) bond motifs is 1. The molecule has 1 atom stereocenters. The molecule has 0 saturated carbocycles. The van der Waals surface area contributed by atoms with Crippen LogP contribution in [0.5, 0.6) is 5.75 Å². The number of hydrogen-bond donors (Lipinski definition) is 2. The van der Waals surface area contributed by atoms with Crippen LogP contribution in [-0.4, -0.2) is 13.2 Å². The lowest BCUT2D eigenvalue weighted by Gasteiger charge is -2.28. The van der Waals surface area contributed by atoms with Crippen molar-refractivity contribution in [1.29, 1.82) is 0 Å². The fourth-order valence-electron chi connectivity index (χ4n) is 2.81. The van der Waals surface area contributed by atoms with Gasteiger partial charge in [0.15, 0.2) is 0 Å². The molecule has 23 heavy (non-hydrogen) atoms. The highest BCUT2D eigenvalue weighted by Crippen LogP contribution is 2.34. The van der Waals surface area contributed by atoms with Gasteiger partial charge < -0.3 is 15.8 Å². The van der Waals surface area contributed by atoms with E-state index in [-0.39, 0.29) is 13.2 Å². The average molecular weight is 312 g/mol. The summed E-state index contributed by atoms with van der Waals surface area (Å²) in [4.78, 5) is 0. The van der Waals surface area contributed by atoms with Crippen LogP contribution in [0.25, 0.3) is 0 Å². The fraction of sp³-hybridized carbons (Fsp3) is 0.263. The van der Waals surface area contributed by atoms with Gasteiger partial charge in [-0.25, -0.2) is 4.39 Å². The van der Waals surface area contributed by atoms with E-state index in [1.807, 2.05) is 24.3 Å². The zero-order valence-electron chi connectivity index (χ0n) is 13.0. The summed E-state index contributed by atoms with van der Waals surface area (Å²) in [5.74, 6) is 0.747. The van der Waals surface area contributed by atoms with E-state index in [1.54, 1.807) is 0 Å². The van der Waals surface area contributed by atoms with Gasteiger partial charge in [-0.2, -0.15) is 0 Å². The minimum absolute atomic E-state index is 0.168. The maximum atomic E-state index is 12.5. The molecule has 4 heteroatoms. The van der Waals surface area contributed by atoms with Crippen molar-refractivity contribution in [2.24, 2.45) is 5.73 Å². The number of benzene rings is 2. The van der Waals surface area contributed by atoms with E-state index >= 15 is 0 Å². The largest absolute Gasteiger partial charge is 0.489 e. The second kappa shape index (κ2) is 7.29. The van der Waals surface area contributed by atoms with E-state index in [4.69, 9.17) is 10.5 Å². The molecule has 0 aromatic heterocycles. The third-order valence-electron chi connectivity index (χ3n) is 4.15. The van der Waals surface area contributed by atoms with Crippen LogP contribution in [-0.2, 0) is 6.42 Å². The molecule has 1 unspecified atom stereocenters. The maximum absolute atomic E-state index is 12.5. The summed E-state index contributed by atoms with van der Waals surface area (Å²) in [7, 11) is 0. The molecule has 3 nitrogen and oxygen atoms in total. The SMILES string of the molecule is NC/C(=C\F)COc1ccc2c(c1)CCC(c1ccccc1)N2. The van der Waals surface area contributed by atoms with Gasteiger partial charge in [-0.3, -0.25) is 0 Å². The van der Waals surface area contributed by atoms with Crippen LogP contribution in [0, 0.1) is 0 Å². The number of nitrogens with two attached hydrogens (primary N) is 1. The van der Waals surface area contributed by atoms with E-state index in [0.717, 1.165) is 24.3 Å². The molecular weight excluding hydrogens is 291 g/mol. The van der Waals surface area contributed by atoms with Crippen molar-refractivity contribution in [1.82, 2.24) is 0 Å². The van der Waals surface area contributed by atoms with Crippen LogP contribution in [0.15, 0.2) is 60.4 Å². The summed E-state index contributed by atoms with van der Waals surface area (Å²) in [6.45, 7) is 0.355. The first-order valence-electron chi connectivity index (χ1n) is 7.85. The minimum atomic E-state index is 0.168. The maximum Gasteiger partial charge on any atom is 0.120 e. The molecule has 0 fully saturated rings. The first kappa shape index (κ1) is 15.6. The van der Waals surface area contributed by atoms with Crippen molar-refractivity contribution in [3.8, 4) is 5.75 Å². The third kappa shape index (κ3) is 3.71. The molecular formula is C19H21FN2O. The van der Waals surface area contributed by atoms with Crippen LogP contribution in [0.2, 0.25) is 0 Å². The molecule has 1 aliphatic rings. The first-order valence-corrected chi connectivity index (χ1v) is 7.85. The Morgan fingerprint density at radius 2 is 2.09 bits per heavy atom. The second-order valence-electron chi connectivity index (χ2n) is 5.73. The predicted octanol–water partition coefficient (Wildman–Crippen LogP) is 3.98. The van der Waals surface area contributed by atoms with Crippen molar-refractivity contribution in [2.75, 3.05) is 18.5 Å². The van der Waals surface area contributed by atoms with Crippen LogP contribution in [0.4, 0.5) is 10.1 Å². The molecule has 0 spiro atoms. The van der Waals surface area contributed by atoms with Crippen molar-refractivity contribution < 1.29 is 9.13 Å². The van der Waals surface area contributed by atoms with E-state index < -0.39 is 0 Å². The van der Waals surface area contributed by atoms with Gasteiger partial charge in [-0.15, -0.1) is 0 Å². The number of nitrogens with one attached hydrogen (secondary N) is 1. The Balaban J connectivity index is 1.69. The summed E-state index contributed by atoms with van der Waals surface area (Å²) >= 11 is 0. The number of ether oxygens (including phenoxy) is 1. The van der Waals surface area contributed by atoms with Gasteiger partial charge in [0.25, 0.3) is 0 Å². The van der Waals surface area contributed by atoms with Crippen LogP contribution in [0.3, 0.4) is 0 Å². The Bertz CT molecular complexity index is 685. The highest BCUT2D eigenvalue weighted by Gasteiger charge is 2.19. The summed E-state index contributed by atoms with van der Waals surface area (Å²) < 4.78 is 18.1. The van der Waals surface area contributed by atoms with E-state index in [1.165, 1.54) is 11.1 Å². The second-order valence-corrected chi connectivity index (χ2v) is 5.73. The van der Waals surface area contributed by atoms with E-state index in [2.05, 4.69) is 29.6 Å². The molecule has 0 bridgehead atoms. The first-order chi connectivity index (χ1) is 11.3. The van der Waals surface area contributed by atoms with Gasteiger partial charge in [0.05, 0.1) is 12.4 Å². The quantitative estimate of drug-likeness (QED) is 0.878. The molecule has 2 aromatic rings. The van der Waals surface area contributed by atoms with Crippen molar-refractivity contribution in [3.05, 3.63) is 71.6 Å². The van der Waals surface area contributed by atoms with Crippen molar-refractivity contribution in [2.45, 2.75) is 18.9 Å². The van der Waals surface area contributed by atoms with Crippen LogP contribution in [0.1, 0.15) is 23.6 Å². The fourth-order valence-corrected chi connectivity index (χ4v) is 2.81. The average Bonchev–Trinajstić information content (AvgIpc) is 2.63. The molecule has 0 radical (unpaired) electrons. The van der Waals surface area contributed by atoms with E-state index in [9.17, 15) is 4.39 Å². The normalized spacial score (nSPS) is 17.3. The molecule has 1 aliphatic heterocycles. The lowest BCUT2D eigenvalue weighted by atomic mass is 9.93. The molecule has 3 rings (SSSR count). The highest BCUT2D eigenvalue weighted by atomic mass is 19.1. The van der Waals surface area contributed by atoms with Gasteiger partial charge >= 0.3 is 0 Å². The van der Waals surface area contributed by atoms with Gasteiger partial charge in [0.1, 0.15) is 12.4 Å². The highest BCUT2D eigenvalue weighted by molar-refractivity contribution is 5.57. The van der Waals surface area contributed by atoms with Gasteiger partial charge in [-0.1, -0.05) is 30.3 Å². The third-order valence-corrected chi connectivity index (χ3v) is 4.15. The van der Waals surface area contributed by atoms with Gasteiger partial charge in [0, 0.05) is 17.8 Å². The predicted molar refractivity (Wildman–Crippen MR) is 91.3 cm³/mol. The standard InChI is InChI=1S/C19H21FN2O/c20-11-14(12-21)13-23-17-7-9-19-16(10-17)6-8-18(22-19)15-4-2-1-3-5-15/h1-5,7,9-11,18,22H,6,8,12-13,21H2/b14-11+. The van der Waals surface area contributed by atoms with Crippen molar-refractivity contribution in [3.63, 3.8) is 0 Å². The Hall–Kier alpha value is -2.33. The van der Waals surface area contributed by atoms with E-state index in [0.29, 0.717) is 17.9 Å². The Kier molecular flexibility index (Phi) is 4.93. The summed E-state index contributed by atoms with van der Waals surface area (Å²) in [6.07, 6.45) is 2.55. The Morgan fingerprint density at radius 1 is 1.26 bits per heavy atom. The van der Waals surface area contributed by atoms with Crippen molar-refractivity contribution >= 4 is 5.69 Å². The van der Waals surface area contributed by atoms with Crippen LogP contribution >= 0.6 is 0 Å². The summed E-state index contributed by atoms with van der Waals surface area (Å²) in [6, 6.07) is 16.8. The monoisotopic (exact) mass is 312 g/mol. The summed E-state index contributed by atoms with van der Waals surface area (Å²) in [5, 5.41) is 3.58. The molecule has 2 aromatic carbocycles. The lowest BCUT2D eigenvalue weighted by Crippen LogP contribution is -2.18. The number of aryl methyl sites for hydroxylation is 1. The minimum Gasteiger partial charge on any atom is -0.489 e.